The standard InChI is InChI=1S/C19H28N2O3S/c1-18(2,3)24-17(23)20-15-11-10-14(25-15)19(4,5)16(22)21-12-6-7-13(21)9-8-12/h10-13H,6-9H2,1-5H3,(H,20,23). The van der Waals surface area contributed by atoms with E-state index in [1.54, 1.807) is 0 Å². The van der Waals surface area contributed by atoms with Crippen molar-refractivity contribution in [2.75, 3.05) is 5.32 Å². The van der Waals surface area contributed by atoms with E-state index in [4.69, 9.17) is 4.74 Å². The molecule has 1 N–H and O–H groups in total. The van der Waals surface area contributed by atoms with Crippen LogP contribution >= 0.6 is 11.3 Å². The molecule has 2 fully saturated rings. The lowest BCUT2D eigenvalue weighted by atomic mass is 9.89. The third-order valence-corrected chi connectivity index (χ3v) is 6.39. The molecular weight excluding hydrogens is 336 g/mol. The van der Waals surface area contributed by atoms with E-state index in [9.17, 15) is 9.59 Å². The molecule has 25 heavy (non-hydrogen) atoms. The Morgan fingerprint density at radius 2 is 1.64 bits per heavy atom. The Balaban J connectivity index is 1.70. The fraction of sp³-hybridized carbons (Fsp3) is 0.684. The molecule has 2 amide bonds. The molecule has 0 aromatic carbocycles. The van der Waals surface area contributed by atoms with Gasteiger partial charge in [0.15, 0.2) is 0 Å². The smallest absolute Gasteiger partial charge is 0.412 e. The fourth-order valence-corrected chi connectivity index (χ4v) is 4.80. The van der Waals surface area contributed by atoms with Crippen LogP contribution in [-0.4, -0.2) is 34.6 Å². The molecule has 2 aliphatic rings. The van der Waals surface area contributed by atoms with Gasteiger partial charge in [0.25, 0.3) is 0 Å². The number of hydrogen-bond acceptors (Lipinski definition) is 4. The van der Waals surface area contributed by atoms with Crippen molar-refractivity contribution in [1.29, 1.82) is 0 Å². The maximum atomic E-state index is 13.2. The predicted molar refractivity (Wildman–Crippen MR) is 100 cm³/mol. The number of amides is 2. The van der Waals surface area contributed by atoms with Crippen LogP contribution in [0.4, 0.5) is 9.80 Å². The molecule has 5 nitrogen and oxygen atoms in total. The van der Waals surface area contributed by atoms with Crippen molar-refractivity contribution >= 4 is 28.3 Å². The zero-order chi connectivity index (χ0) is 18.4. The second-order valence-electron chi connectivity index (χ2n) is 8.59. The van der Waals surface area contributed by atoms with Crippen LogP contribution in [0.1, 0.15) is 65.2 Å². The van der Waals surface area contributed by atoms with Gasteiger partial charge < -0.3 is 9.64 Å². The summed E-state index contributed by atoms with van der Waals surface area (Å²) in [7, 11) is 0. The quantitative estimate of drug-likeness (QED) is 0.857. The Kier molecular flexibility index (Phi) is 4.60. The van der Waals surface area contributed by atoms with Crippen LogP contribution in [0.2, 0.25) is 0 Å². The van der Waals surface area contributed by atoms with Crippen molar-refractivity contribution in [3.05, 3.63) is 17.0 Å². The van der Waals surface area contributed by atoms with Gasteiger partial charge in [0.05, 0.1) is 10.4 Å². The van der Waals surface area contributed by atoms with Gasteiger partial charge in [-0.2, -0.15) is 0 Å². The van der Waals surface area contributed by atoms with Crippen LogP contribution in [0.25, 0.3) is 0 Å². The molecule has 0 atom stereocenters. The summed E-state index contributed by atoms with van der Waals surface area (Å²) in [6, 6.07) is 4.64. The minimum absolute atomic E-state index is 0.211. The van der Waals surface area contributed by atoms with Crippen molar-refractivity contribution in [3.8, 4) is 0 Å². The Bertz CT molecular complexity index is 654. The molecule has 2 aliphatic heterocycles. The predicted octanol–water partition coefficient (Wildman–Crippen LogP) is 4.53. The van der Waals surface area contributed by atoms with Gasteiger partial charge in [0.2, 0.25) is 5.91 Å². The van der Waals surface area contributed by atoms with Crippen LogP contribution in [-0.2, 0) is 14.9 Å². The molecule has 0 spiro atoms. The molecule has 6 heteroatoms. The second kappa shape index (κ2) is 6.31. The van der Waals surface area contributed by atoms with E-state index in [0.29, 0.717) is 17.1 Å². The van der Waals surface area contributed by atoms with Gasteiger partial charge in [-0.3, -0.25) is 10.1 Å². The Morgan fingerprint density at radius 1 is 1.08 bits per heavy atom. The Hall–Kier alpha value is -1.56. The lowest BCUT2D eigenvalue weighted by Gasteiger charge is -2.31. The minimum Gasteiger partial charge on any atom is -0.444 e. The monoisotopic (exact) mass is 364 g/mol. The first kappa shape index (κ1) is 18.2. The Morgan fingerprint density at radius 3 is 2.16 bits per heavy atom. The number of hydrogen-bond donors (Lipinski definition) is 1. The number of nitrogens with zero attached hydrogens (tertiary/aromatic N) is 1. The van der Waals surface area contributed by atoms with Crippen LogP contribution in [0.3, 0.4) is 0 Å². The largest absolute Gasteiger partial charge is 0.444 e. The maximum Gasteiger partial charge on any atom is 0.412 e. The lowest BCUT2D eigenvalue weighted by molar-refractivity contribution is -0.137. The first-order valence-electron chi connectivity index (χ1n) is 9.01. The van der Waals surface area contributed by atoms with E-state index in [-0.39, 0.29) is 5.91 Å². The van der Waals surface area contributed by atoms with E-state index >= 15 is 0 Å². The molecule has 2 bridgehead atoms. The minimum atomic E-state index is -0.580. The molecule has 0 unspecified atom stereocenters. The van der Waals surface area contributed by atoms with Crippen molar-refractivity contribution in [2.45, 2.75) is 83.4 Å². The van der Waals surface area contributed by atoms with Crippen LogP contribution in [0, 0.1) is 0 Å². The van der Waals surface area contributed by atoms with Crippen molar-refractivity contribution in [3.63, 3.8) is 0 Å². The zero-order valence-corrected chi connectivity index (χ0v) is 16.5. The first-order chi connectivity index (χ1) is 11.6. The summed E-state index contributed by atoms with van der Waals surface area (Å²) < 4.78 is 5.28. The van der Waals surface area contributed by atoms with Gasteiger partial charge in [0.1, 0.15) is 5.60 Å². The third-order valence-electron chi connectivity index (χ3n) is 5.07. The van der Waals surface area contributed by atoms with E-state index in [1.807, 2.05) is 46.8 Å². The highest BCUT2D eigenvalue weighted by Crippen LogP contribution is 2.42. The number of fused-ring (bicyclic) bond motifs is 2. The van der Waals surface area contributed by atoms with E-state index in [1.165, 1.54) is 11.3 Å². The number of carbonyl (C=O) groups is 2. The highest BCUT2D eigenvalue weighted by Gasteiger charge is 2.47. The molecule has 2 saturated heterocycles. The number of ether oxygens (including phenoxy) is 1. The number of rotatable bonds is 3. The number of thiophene rings is 1. The fourth-order valence-electron chi connectivity index (χ4n) is 3.82. The lowest BCUT2D eigenvalue weighted by Crippen LogP contribution is -2.45. The normalized spacial score (nSPS) is 23.0. The molecule has 3 heterocycles. The molecule has 1 aromatic heterocycles. The van der Waals surface area contributed by atoms with Gasteiger partial charge in [-0.15, -0.1) is 11.3 Å². The summed E-state index contributed by atoms with van der Waals surface area (Å²) >= 11 is 1.44. The zero-order valence-electron chi connectivity index (χ0n) is 15.7. The maximum absolute atomic E-state index is 13.2. The van der Waals surface area contributed by atoms with Gasteiger partial charge in [0, 0.05) is 17.0 Å². The summed E-state index contributed by atoms with van der Waals surface area (Å²) in [5.41, 5.74) is -1.11. The Labute approximate surface area is 153 Å². The highest BCUT2D eigenvalue weighted by atomic mass is 32.1. The van der Waals surface area contributed by atoms with Gasteiger partial charge in [-0.25, -0.2) is 4.79 Å². The third kappa shape index (κ3) is 3.68. The first-order valence-corrected chi connectivity index (χ1v) is 9.82. The van der Waals surface area contributed by atoms with Gasteiger partial charge in [-0.05, 0) is 72.4 Å². The number of carbonyl (C=O) groups excluding carboxylic acids is 2. The van der Waals surface area contributed by atoms with Crippen molar-refractivity contribution < 1.29 is 14.3 Å². The molecule has 3 rings (SSSR count). The summed E-state index contributed by atoms with van der Waals surface area (Å²) in [5.74, 6) is 0.211. The summed E-state index contributed by atoms with van der Waals surface area (Å²) in [6.07, 6.45) is 4.10. The average Bonchev–Trinajstić information content (AvgIpc) is 3.19. The summed E-state index contributed by atoms with van der Waals surface area (Å²) in [5, 5.41) is 3.47. The second-order valence-corrected chi connectivity index (χ2v) is 9.67. The van der Waals surface area contributed by atoms with Crippen LogP contribution < -0.4 is 5.32 Å². The van der Waals surface area contributed by atoms with Crippen LogP contribution in [0.15, 0.2) is 12.1 Å². The highest BCUT2D eigenvalue weighted by molar-refractivity contribution is 7.16. The van der Waals surface area contributed by atoms with Crippen molar-refractivity contribution in [2.24, 2.45) is 0 Å². The van der Waals surface area contributed by atoms with E-state index < -0.39 is 17.1 Å². The van der Waals surface area contributed by atoms with Crippen LogP contribution in [0.5, 0.6) is 0 Å². The number of nitrogens with one attached hydrogen (secondary N) is 1. The summed E-state index contributed by atoms with van der Waals surface area (Å²) in [4.78, 5) is 28.2. The van der Waals surface area contributed by atoms with Gasteiger partial charge in [-0.1, -0.05) is 0 Å². The SMILES string of the molecule is CC(C)(C)OC(=O)Nc1ccc(C(C)(C)C(=O)N2C3CCC2CC3)s1. The molecule has 0 aliphatic carbocycles. The average molecular weight is 365 g/mol. The molecule has 1 aromatic rings. The molecule has 138 valence electrons. The number of anilines is 1. The topological polar surface area (TPSA) is 58.6 Å². The van der Waals surface area contributed by atoms with E-state index in [0.717, 1.165) is 30.6 Å². The molecule has 0 saturated carbocycles. The van der Waals surface area contributed by atoms with Gasteiger partial charge >= 0.3 is 6.09 Å². The van der Waals surface area contributed by atoms with E-state index in [2.05, 4.69) is 10.2 Å². The molecular formula is C19H28N2O3S. The van der Waals surface area contributed by atoms with Crippen molar-refractivity contribution in [1.82, 2.24) is 4.90 Å². The summed E-state index contributed by atoms with van der Waals surface area (Å²) in [6.45, 7) is 9.46. The molecule has 0 radical (unpaired) electrons.